The Balaban J connectivity index is 2.47. The van der Waals surface area contributed by atoms with Crippen LogP contribution in [0.3, 0.4) is 0 Å². The molecule has 0 aliphatic carbocycles. The zero-order chi connectivity index (χ0) is 15.6. The Morgan fingerprint density at radius 1 is 1.00 bits per heavy atom. The lowest BCUT2D eigenvalue weighted by Gasteiger charge is -2.12. The molecule has 0 unspecified atom stereocenters. The summed E-state index contributed by atoms with van der Waals surface area (Å²) in [7, 11) is 0. The van der Waals surface area contributed by atoms with Gasteiger partial charge >= 0.3 is 6.36 Å². The van der Waals surface area contributed by atoms with Gasteiger partial charge in [-0.05, 0) is 40.2 Å². The molecule has 2 nitrogen and oxygen atoms in total. The molecule has 0 N–H and O–H groups in total. The predicted molar refractivity (Wildman–Crippen MR) is 70.7 cm³/mol. The molecular formula is C14H7BrF4O2. The van der Waals surface area contributed by atoms with Crippen molar-refractivity contribution in [1.29, 1.82) is 0 Å². The zero-order valence-corrected chi connectivity index (χ0v) is 11.8. The molecule has 0 saturated carbocycles. The highest BCUT2D eigenvalue weighted by atomic mass is 79.9. The second kappa shape index (κ2) is 5.85. The SMILES string of the molecule is O=C(c1ccccc1OC(F)(F)F)c1cccc(Br)c1F. The van der Waals surface area contributed by atoms with E-state index in [0.29, 0.717) is 0 Å². The van der Waals surface area contributed by atoms with E-state index in [1.54, 1.807) is 0 Å². The van der Waals surface area contributed by atoms with Crippen LogP contribution in [0.5, 0.6) is 5.75 Å². The molecule has 0 heterocycles. The molecule has 0 aliphatic rings. The van der Waals surface area contributed by atoms with E-state index < -0.39 is 23.7 Å². The molecule has 0 saturated heterocycles. The second-order valence-electron chi connectivity index (χ2n) is 3.97. The molecule has 21 heavy (non-hydrogen) atoms. The van der Waals surface area contributed by atoms with E-state index in [4.69, 9.17) is 0 Å². The third kappa shape index (κ3) is 3.60. The summed E-state index contributed by atoms with van der Waals surface area (Å²) in [6, 6.07) is 8.77. The largest absolute Gasteiger partial charge is 0.573 e. The molecule has 7 heteroatoms. The van der Waals surface area contributed by atoms with Crippen LogP contribution in [-0.2, 0) is 0 Å². The smallest absolute Gasteiger partial charge is 0.405 e. The molecule has 2 aromatic rings. The first-order chi connectivity index (χ1) is 9.79. The molecule has 0 bridgehead atoms. The van der Waals surface area contributed by atoms with Crippen molar-refractivity contribution < 1.29 is 27.1 Å². The van der Waals surface area contributed by atoms with E-state index in [9.17, 15) is 22.4 Å². The third-order valence-electron chi connectivity index (χ3n) is 2.55. The highest BCUT2D eigenvalue weighted by Crippen LogP contribution is 2.29. The Kier molecular flexibility index (Phi) is 4.32. The average molecular weight is 363 g/mol. The number of halogens is 5. The van der Waals surface area contributed by atoms with Crippen LogP contribution in [0, 0.1) is 5.82 Å². The van der Waals surface area contributed by atoms with E-state index >= 15 is 0 Å². The lowest BCUT2D eigenvalue weighted by Crippen LogP contribution is -2.19. The number of carbonyl (C=O) groups is 1. The summed E-state index contributed by atoms with van der Waals surface area (Å²) in [6.07, 6.45) is -4.94. The lowest BCUT2D eigenvalue weighted by atomic mass is 10.0. The predicted octanol–water partition coefficient (Wildman–Crippen LogP) is 4.72. The minimum Gasteiger partial charge on any atom is -0.405 e. The first-order valence-corrected chi connectivity index (χ1v) is 6.42. The Morgan fingerprint density at radius 3 is 2.29 bits per heavy atom. The first kappa shape index (κ1) is 15.5. The number of para-hydroxylation sites is 1. The van der Waals surface area contributed by atoms with Crippen molar-refractivity contribution in [1.82, 2.24) is 0 Å². The molecular weight excluding hydrogens is 356 g/mol. The number of rotatable bonds is 3. The normalized spacial score (nSPS) is 11.3. The van der Waals surface area contributed by atoms with Gasteiger partial charge in [0.2, 0.25) is 0 Å². The minimum atomic E-state index is -4.94. The molecule has 0 amide bonds. The first-order valence-electron chi connectivity index (χ1n) is 5.63. The van der Waals surface area contributed by atoms with Gasteiger partial charge in [0.05, 0.1) is 15.6 Å². The molecule has 110 valence electrons. The number of hydrogen-bond acceptors (Lipinski definition) is 2. The fourth-order valence-corrected chi connectivity index (χ4v) is 2.06. The maximum absolute atomic E-state index is 13.9. The highest BCUT2D eigenvalue weighted by Gasteiger charge is 2.33. The van der Waals surface area contributed by atoms with Gasteiger partial charge in [0.15, 0.2) is 5.78 Å². The number of ether oxygens (including phenoxy) is 1. The molecule has 0 aromatic heterocycles. The van der Waals surface area contributed by atoms with E-state index in [2.05, 4.69) is 20.7 Å². The molecule has 0 radical (unpaired) electrons. The van der Waals surface area contributed by atoms with Crippen LogP contribution < -0.4 is 4.74 Å². The Morgan fingerprint density at radius 2 is 1.62 bits per heavy atom. The van der Waals surface area contributed by atoms with Crippen LogP contribution in [0.15, 0.2) is 46.9 Å². The van der Waals surface area contributed by atoms with Gasteiger partial charge in [-0.3, -0.25) is 4.79 Å². The van der Waals surface area contributed by atoms with Crippen molar-refractivity contribution in [3.63, 3.8) is 0 Å². The summed E-state index contributed by atoms with van der Waals surface area (Å²) in [5, 5.41) is 0. The van der Waals surface area contributed by atoms with Crippen molar-refractivity contribution in [2.75, 3.05) is 0 Å². The van der Waals surface area contributed by atoms with E-state index in [1.807, 2.05) is 0 Å². The van der Waals surface area contributed by atoms with Gasteiger partial charge in [0.25, 0.3) is 0 Å². The van der Waals surface area contributed by atoms with Crippen molar-refractivity contribution in [3.8, 4) is 5.75 Å². The summed E-state index contributed by atoms with van der Waals surface area (Å²) < 4.78 is 54.7. The highest BCUT2D eigenvalue weighted by molar-refractivity contribution is 9.10. The standard InChI is InChI=1S/C14H7BrF4O2/c15-10-6-3-5-9(12(10)16)13(20)8-4-1-2-7-11(8)21-14(17,18)19/h1-7H. The zero-order valence-electron chi connectivity index (χ0n) is 10.2. The fraction of sp³-hybridized carbons (Fsp3) is 0.0714. The topological polar surface area (TPSA) is 26.3 Å². The maximum atomic E-state index is 13.9. The van der Waals surface area contributed by atoms with Crippen LogP contribution in [0.1, 0.15) is 15.9 Å². The summed E-state index contributed by atoms with van der Waals surface area (Å²) in [5.74, 6) is -2.41. The van der Waals surface area contributed by atoms with Crippen molar-refractivity contribution >= 4 is 21.7 Å². The van der Waals surface area contributed by atoms with Crippen LogP contribution >= 0.6 is 15.9 Å². The van der Waals surface area contributed by atoms with Crippen LogP contribution in [0.4, 0.5) is 17.6 Å². The summed E-state index contributed by atoms with van der Waals surface area (Å²) >= 11 is 2.92. The Bertz CT molecular complexity index is 683. The molecule has 2 aromatic carbocycles. The van der Waals surface area contributed by atoms with Crippen molar-refractivity contribution in [2.45, 2.75) is 6.36 Å². The molecule has 2 rings (SSSR count). The maximum Gasteiger partial charge on any atom is 0.573 e. The summed E-state index contributed by atoms with van der Waals surface area (Å²) in [5.41, 5.74) is -0.713. The van der Waals surface area contributed by atoms with Gasteiger partial charge in [-0.1, -0.05) is 18.2 Å². The van der Waals surface area contributed by atoms with E-state index in [-0.39, 0.29) is 15.6 Å². The molecule has 0 fully saturated rings. The molecule has 0 atom stereocenters. The Hall–Kier alpha value is -1.89. The lowest BCUT2D eigenvalue weighted by molar-refractivity contribution is -0.274. The summed E-state index contributed by atoms with van der Waals surface area (Å²) in [6.45, 7) is 0. The number of carbonyl (C=O) groups excluding carboxylic acids is 1. The summed E-state index contributed by atoms with van der Waals surface area (Å²) in [4.78, 5) is 12.2. The second-order valence-corrected chi connectivity index (χ2v) is 4.83. The van der Waals surface area contributed by atoms with Gasteiger partial charge < -0.3 is 4.74 Å². The third-order valence-corrected chi connectivity index (χ3v) is 3.17. The van der Waals surface area contributed by atoms with Crippen molar-refractivity contribution in [2.24, 2.45) is 0 Å². The van der Waals surface area contributed by atoms with E-state index in [0.717, 1.165) is 12.1 Å². The van der Waals surface area contributed by atoms with Crippen LogP contribution in [0.25, 0.3) is 0 Å². The van der Waals surface area contributed by atoms with Crippen LogP contribution in [0.2, 0.25) is 0 Å². The number of alkyl halides is 3. The van der Waals surface area contributed by atoms with E-state index in [1.165, 1.54) is 30.3 Å². The number of hydrogen-bond donors (Lipinski definition) is 0. The monoisotopic (exact) mass is 362 g/mol. The average Bonchev–Trinajstić information content (AvgIpc) is 2.40. The van der Waals surface area contributed by atoms with Gasteiger partial charge in [0.1, 0.15) is 11.6 Å². The minimum absolute atomic E-state index is 0.0440. The number of ketones is 1. The number of benzene rings is 2. The van der Waals surface area contributed by atoms with Gasteiger partial charge in [-0.2, -0.15) is 0 Å². The van der Waals surface area contributed by atoms with Crippen LogP contribution in [-0.4, -0.2) is 12.1 Å². The fourth-order valence-electron chi connectivity index (χ4n) is 1.69. The van der Waals surface area contributed by atoms with Crippen molar-refractivity contribution in [3.05, 3.63) is 63.9 Å². The van der Waals surface area contributed by atoms with Gasteiger partial charge in [-0.15, -0.1) is 13.2 Å². The Labute approximate surface area is 125 Å². The molecule has 0 aliphatic heterocycles. The van der Waals surface area contributed by atoms with Gasteiger partial charge in [0, 0.05) is 0 Å². The van der Waals surface area contributed by atoms with Gasteiger partial charge in [-0.25, -0.2) is 4.39 Å². The molecule has 0 spiro atoms. The quantitative estimate of drug-likeness (QED) is 0.583.